The molecule has 0 radical (unpaired) electrons. The zero-order chi connectivity index (χ0) is 27.6. The van der Waals surface area contributed by atoms with E-state index in [-0.39, 0.29) is 23.0 Å². The van der Waals surface area contributed by atoms with Gasteiger partial charge in [0.25, 0.3) is 0 Å². The van der Waals surface area contributed by atoms with Crippen LogP contribution in [0.25, 0.3) is 6.08 Å². The average Bonchev–Trinajstić information content (AvgIpc) is 3.45. The average molecular weight is 549 g/mol. The second-order valence-corrected chi connectivity index (χ2v) is 10.8. The number of para-hydroxylation sites is 1. The molecule has 0 aliphatic carbocycles. The van der Waals surface area contributed by atoms with E-state index in [9.17, 15) is 18.8 Å². The number of nitrogens with zero attached hydrogens (tertiary/aromatic N) is 1. The van der Waals surface area contributed by atoms with Crippen LogP contribution in [0.5, 0.6) is 0 Å². The van der Waals surface area contributed by atoms with Gasteiger partial charge in [-0.25, -0.2) is 4.39 Å². The molecule has 40 heavy (non-hydrogen) atoms. The first-order valence-corrected chi connectivity index (χ1v) is 13.3. The highest BCUT2D eigenvalue weighted by atomic mass is 35.5. The Morgan fingerprint density at radius 1 is 0.825 bits per heavy atom. The Morgan fingerprint density at radius 2 is 1.48 bits per heavy atom. The predicted octanol–water partition coefficient (Wildman–Crippen LogP) is 6.46. The van der Waals surface area contributed by atoms with Gasteiger partial charge in [0.1, 0.15) is 17.3 Å². The summed E-state index contributed by atoms with van der Waals surface area (Å²) in [4.78, 5) is 45.3. The predicted molar refractivity (Wildman–Crippen MR) is 151 cm³/mol. The van der Waals surface area contributed by atoms with Crippen LogP contribution in [-0.2, 0) is 10.2 Å². The third-order valence-corrected chi connectivity index (χ3v) is 8.63. The van der Waals surface area contributed by atoms with Crippen molar-refractivity contribution in [3.8, 4) is 0 Å². The van der Waals surface area contributed by atoms with Crippen LogP contribution < -0.4 is 5.32 Å². The topological polar surface area (TPSA) is 66.5 Å². The van der Waals surface area contributed by atoms with Crippen LogP contribution in [0.4, 0.5) is 10.1 Å². The Labute approximate surface area is 234 Å². The third kappa shape index (κ3) is 3.36. The Balaban J connectivity index is 1.53. The number of ketones is 2. The summed E-state index contributed by atoms with van der Waals surface area (Å²) < 4.78 is 13.8. The summed E-state index contributed by atoms with van der Waals surface area (Å²) in [5.41, 5.74) is 2.22. The highest BCUT2D eigenvalue weighted by Gasteiger charge is 2.70. The number of fused-ring (bicyclic) bond motifs is 6. The number of hydrogen-bond acceptors (Lipinski definition) is 4. The molecule has 7 heteroatoms. The molecule has 0 aromatic heterocycles. The molecule has 0 bridgehead atoms. The van der Waals surface area contributed by atoms with Crippen molar-refractivity contribution in [3.05, 3.63) is 142 Å². The second-order valence-electron chi connectivity index (χ2n) is 10.3. The zero-order valence-electron chi connectivity index (χ0n) is 21.1. The molecule has 3 aliphatic heterocycles. The molecule has 3 heterocycles. The van der Waals surface area contributed by atoms with Crippen LogP contribution in [0.2, 0.25) is 5.02 Å². The lowest BCUT2D eigenvalue weighted by Crippen LogP contribution is -2.49. The van der Waals surface area contributed by atoms with Gasteiger partial charge in [0, 0.05) is 28.0 Å². The Morgan fingerprint density at radius 3 is 2.25 bits per heavy atom. The van der Waals surface area contributed by atoms with E-state index in [0.717, 1.165) is 11.1 Å². The van der Waals surface area contributed by atoms with Crippen molar-refractivity contribution in [1.29, 1.82) is 0 Å². The fraction of sp³-hybridized carbons (Fsp3) is 0.121. The maximum atomic E-state index is 14.6. The van der Waals surface area contributed by atoms with Gasteiger partial charge in [-0.2, -0.15) is 0 Å². The van der Waals surface area contributed by atoms with Crippen molar-refractivity contribution in [2.45, 2.75) is 17.5 Å². The lowest BCUT2D eigenvalue weighted by Gasteiger charge is -2.38. The fourth-order valence-corrected chi connectivity index (χ4v) is 6.87. The molecule has 1 spiro atoms. The number of nitrogens with one attached hydrogen (secondary N) is 1. The smallest absolute Gasteiger partial charge is 0.238 e. The van der Waals surface area contributed by atoms with Crippen molar-refractivity contribution < 1.29 is 18.8 Å². The highest BCUT2D eigenvalue weighted by Crippen LogP contribution is 2.62. The second kappa shape index (κ2) is 9.00. The summed E-state index contributed by atoms with van der Waals surface area (Å²) >= 11 is 6.14. The van der Waals surface area contributed by atoms with Crippen molar-refractivity contribution in [2.75, 3.05) is 5.32 Å². The molecule has 4 atom stereocenters. The quantitative estimate of drug-likeness (QED) is 0.297. The van der Waals surface area contributed by atoms with Crippen LogP contribution in [-0.4, -0.2) is 28.4 Å². The van der Waals surface area contributed by atoms with Crippen molar-refractivity contribution in [3.63, 3.8) is 0 Å². The van der Waals surface area contributed by atoms with Crippen molar-refractivity contribution >= 4 is 40.8 Å². The molecule has 1 N–H and O–H groups in total. The van der Waals surface area contributed by atoms with Gasteiger partial charge in [-0.05, 0) is 77.4 Å². The number of halogens is 2. The SMILES string of the molecule is O=C(c1ccc(F)cc1)[C@H]1[C@H](C(=O)c2ccc(Cl)cc2)[C@]2(C(=O)Nc3ccccc32)[C@@H]2c3ccccc3C=CN21. The lowest BCUT2D eigenvalue weighted by atomic mass is 9.62. The van der Waals surface area contributed by atoms with E-state index in [4.69, 9.17) is 11.6 Å². The Kier molecular flexibility index (Phi) is 5.51. The molecule has 4 aromatic rings. The normalized spacial score (nSPS) is 23.9. The molecule has 0 unspecified atom stereocenters. The van der Waals surface area contributed by atoms with Gasteiger partial charge in [0.05, 0.1) is 12.0 Å². The van der Waals surface area contributed by atoms with E-state index in [1.54, 1.807) is 24.3 Å². The third-order valence-electron chi connectivity index (χ3n) is 8.38. The van der Waals surface area contributed by atoms with E-state index in [0.29, 0.717) is 21.8 Å². The van der Waals surface area contributed by atoms with Gasteiger partial charge >= 0.3 is 0 Å². The highest BCUT2D eigenvalue weighted by molar-refractivity contribution is 6.30. The van der Waals surface area contributed by atoms with Gasteiger partial charge in [-0.3, -0.25) is 14.4 Å². The first kappa shape index (κ1) is 24.5. The molecule has 0 saturated carbocycles. The summed E-state index contributed by atoms with van der Waals surface area (Å²) in [7, 11) is 0. The summed E-state index contributed by atoms with van der Waals surface area (Å²) in [6, 6.07) is 25.2. The minimum Gasteiger partial charge on any atom is -0.358 e. The summed E-state index contributed by atoms with van der Waals surface area (Å²) in [5, 5.41) is 3.49. The molecular formula is C33H22ClFN2O3. The zero-order valence-corrected chi connectivity index (χ0v) is 21.8. The summed E-state index contributed by atoms with van der Waals surface area (Å²) in [5.74, 6) is -2.62. The van der Waals surface area contributed by atoms with E-state index < -0.39 is 29.2 Å². The van der Waals surface area contributed by atoms with E-state index in [1.165, 1.54) is 24.3 Å². The first-order chi connectivity index (χ1) is 19.4. The Hall–Kier alpha value is -4.55. The number of benzene rings is 4. The largest absolute Gasteiger partial charge is 0.358 e. The van der Waals surface area contributed by atoms with Crippen LogP contribution in [0.1, 0.15) is 43.4 Å². The molecule has 7 rings (SSSR count). The molecule has 1 saturated heterocycles. The van der Waals surface area contributed by atoms with Gasteiger partial charge < -0.3 is 10.2 Å². The standard InChI is InChI=1S/C33H22ClFN2O3/c34-22-13-9-20(10-14-22)29(38)27-28(30(39)21-11-15-23(35)16-12-21)37-18-17-19-5-1-2-6-24(19)31(37)33(27)25-7-3-4-8-26(25)36-32(33)40/h1-18,27-28,31H,(H,36,40)/t27-,28-,31+,33+/m1/s1. The summed E-state index contributed by atoms with van der Waals surface area (Å²) in [6.45, 7) is 0. The maximum Gasteiger partial charge on any atom is 0.238 e. The Bertz CT molecular complexity index is 1730. The fourth-order valence-electron chi connectivity index (χ4n) is 6.75. The van der Waals surface area contributed by atoms with Crippen LogP contribution in [0.15, 0.2) is 103 Å². The number of carbonyl (C=O) groups is 3. The number of carbonyl (C=O) groups excluding carboxylic acids is 3. The molecule has 196 valence electrons. The van der Waals surface area contributed by atoms with Gasteiger partial charge in [0.2, 0.25) is 5.91 Å². The minimum absolute atomic E-state index is 0.259. The molecular weight excluding hydrogens is 527 g/mol. The molecule has 1 amide bonds. The van der Waals surface area contributed by atoms with Gasteiger partial charge in [-0.15, -0.1) is 0 Å². The number of anilines is 1. The van der Waals surface area contributed by atoms with Crippen LogP contribution >= 0.6 is 11.6 Å². The number of amides is 1. The minimum atomic E-state index is -1.42. The summed E-state index contributed by atoms with van der Waals surface area (Å²) in [6.07, 6.45) is 3.71. The maximum absolute atomic E-state index is 14.6. The lowest BCUT2D eigenvalue weighted by molar-refractivity contribution is -0.122. The molecule has 4 aromatic carbocycles. The van der Waals surface area contributed by atoms with E-state index in [2.05, 4.69) is 5.32 Å². The monoisotopic (exact) mass is 548 g/mol. The van der Waals surface area contributed by atoms with Crippen molar-refractivity contribution in [2.24, 2.45) is 5.92 Å². The van der Waals surface area contributed by atoms with E-state index >= 15 is 0 Å². The van der Waals surface area contributed by atoms with Crippen LogP contribution in [0, 0.1) is 11.7 Å². The van der Waals surface area contributed by atoms with Crippen molar-refractivity contribution in [1.82, 2.24) is 4.90 Å². The molecule has 1 fully saturated rings. The number of rotatable bonds is 4. The number of hydrogen-bond donors (Lipinski definition) is 1. The van der Waals surface area contributed by atoms with Crippen LogP contribution in [0.3, 0.4) is 0 Å². The molecule has 3 aliphatic rings. The molecule has 5 nitrogen and oxygen atoms in total. The van der Waals surface area contributed by atoms with Gasteiger partial charge in [-0.1, -0.05) is 54.1 Å². The first-order valence-electron chi connectivity index (χ1n) is 13.0. The van der Waals surface area contributed by atoms with E-state index in [1.807, 2.05) is 65.7 Å². The number of Topliss-reactive ketones (excluding diaryl/α,β-unsaturated/α-hetero) is 2. The van der Waals surface area contributed by atoms with Gasteiger partial charge in [0.15, 0.2) is 11.6 Å².